The summed E-state index contributed by atoms with van der Waals surface area (Å²) in [5.41, 5.74) is 1.92. The van der Waals surface area contributed by atoms with E-state index >= 15 is 0 Å². The molecule has 2 aromatic carbocycles. The highest BCUT2D eigenvalue weighted by Gasteiger charge is 2.34. The van der Waals surface area contributed by atoms with E-state index in [1.165, 1.54) is 35.2 Å². The number of amides is 2. The van der Waals surface area contributed by atoms with Crippen LogP contribution in [0.15, 0.2) is 71.1 Å². The maximum Gasteiger partial charge on any atom is 0.262 e. The molecule has 2 heterocycles. The topological polar surface area (TPSA) is 53.0 Å². The molecule has 1 aliphatic heterocycles. The van der Waals surface area contributed by atoms with Crippen LogP contribution in [0.5, 0.6) is 0 Å². The molecule has 0 saturated carbocycles. The fourth-order valence-corrected chi connectivity index (χ4v) is 4.31. The van der Waals surface area contributed by atoms with Crippen molar-refractivity contribution in [1.29, 1.82) is 0 Å². The van der Waals surface area contributed by atoms with Crippen molar-refractivity contribution in [3.63, 3.8) is 0 Å². The molecule has 2 amide bonds. The highest BCUT2D eigenvalue weighted by molar-refractivity contribution is 7.12. The lowest BCUT2D eigenvalue weighted by atomic mass is 10.0. The van der Waals surface area contributed by atoms with Gasteiger partial charge < -0.3 is 4.90 Å². The third kappa shape index (κ3) is 4.68. The van der Waals surface area contributed by atoms with Gasteiger partial charge in [0, 0.05) is 24.1 Å². The van der Waals surface area contributed by atoms with Gasteiger partial charge in [0.1, 0.15) is 12.4 Å². The first-order chi connectivity index (χ1) is 14.9. The van der Waals surface area contributed by atoms with E-state index in [0.29, 0.717) is 11.4 Å². The zero-order valence-corrected chi connectivity index (χ0v) is 18.2. The summed E-state index contributed by atoms with van der Waals surface area (Å²) in [6.45, 7) is -0.180. The van der Waals surface area contributed by atoms with Gasteiger partial charge in [-0.15, -0.1) is 11.3 Å². The third-order valence-electron chi connectivity index (χ3n) is 5.02. The second-order valence-corrected chi connectivity index (χ2v) is 8.59. The quantitative estimate of drug-likeness (QED) is 0.544. The minimum atomic E-state index is -0.502. The summed E-state index contributed by atoms with van der Waals surface area (Å²) >= 11 is 7.58. The third-order valence-corrected chi connectivity index (χ3v) is 6.19. The van der Waals surface area contributed by atoms with E-state index in [2.05, 4.69) is 5.10 Å². The number of halogens is 2. The molecule has 0 saturated heterocycles. The zero-order chi connectivity index (χ0) is 22.0. The molecule has 0 aliphatic carbocycles. The number of hydrazone groups is 1. The number of nitrogens with zero attached hydrogens (tertiary/aromatic N) is 3. The molecule has 3 aromatic rings. The Morgan fingerprint density at radius 2 is 1.97 bits per heavy atom. The first-order valence-electron chi connectivity index (χ1n) is 9.62. The maximum absolute atomic E-state index is 13.5. The van der Waals surface area contributed by atoms with Gasteiger partial charge in [-0.2, -0.15) is 5.10 Å². The Hall–Kier alpha value is -3.03. The lowest BCUT2D eigenvalue weighted by molar-refractivity contribution is -0.133. The fourth-order valence-electron chi connectivity index (χ4n) is 3.47. The fraction of sp³-hybridized carbons (Fsp3) is 0.174. The van der Waals surface area contributed by atoms with Crippen LogP contribution in [0.2, 0.25) is 5.02 Å². The molecule has 5 nitrogen and oxygen atoms in total. The zero-order valence-electron chi connectivity index (χ0n) is 16.7. The molecule has 0 unspecified atom stereocenters. The number of carbonyl (C=O) groups is 2. The van der Waals surface area contributed by atoms with E-state index < -0.39 is 11.7 Å². The van der Waals surface area contributed by atoms with Crippen molar-refractivity contribution in [3.05, 3.63) is 92.9 Å². The number of carbonyl (C=O) groups excluding carboxylic acids is 2. The summed E-state index contributed by atoms with van der Waals surface area (Å²) < 4.78 is 13.5. The molecular weight excluding hydrogens is 437 g/mol. The molecule has 0 radical (unpaired) electrons. The molecular formula is C23H19ClFN3O2S. The van der Waals surface area contributed by atoms with Crippen molar-refractivity contribution >= 4 is 40.5 Å². The van der Waals surface area contributed by atoms with E-state index in [0.717, 1.165) is 22.2 Å². The molecule has 31 heavy (non-hydrogen) atoms. The van der Waals surface area contributed by atoms with Crippen LogP contribution in [0, 0.1) is 5.82 Å². The summed E-state index contributed by atoms with van der Waals surface area (Å²) in [6.07, 6.45) is 0.565. The predicted molar refractivity (Wildman–Crippen MR) is 120 cm³/mol. The molecule has 158 valence electrons. The number of hydrogen-bond donors (Lipinski definition) is 0. The highest BCUT2D eigenvalue weighted by Crippen LogP contribution is 2.34. The smallest absolute Gasteiger partial charge is 0.262 e. The van der Waals surface area contributed by atoms with Crippen molar-refractivity contribution in [2.45, 2.75) is 12.5 Å². The minimum Gasteiger partial charge on any atom is -0.332 e. The van der Waals surface area contributed by atoms with Gasteiger partial charge in [-0.1, -0.05) is 35.9 Å². The van der Waals surface area contributed by atoms with Gasteiger partial charge in [0.05, 0.1) is 16.6 Å². The molecule has 1 aromatic heterocycles. The van der Waals surface area contributed by atoms with E-state index in [4.69, 9.17) is 11.6 Å². The number of benzene rings is 2. The van der Waals surface area contributed by atoms with Crippen molar-refractivity contribution in [2.24, 2.45) is 5.10 Å². The maximum atomic E-state index is 13.5. The van der Waals surface area contributed by atoms with Gasteiger partial charge in [-0.05, 0) is 47.3 Å². The first kappa shape index (κ1) is 21.2. The standard InChI is InChI=1S/C23H19ClFN3O2S/c1-27(23(30)16-4-2-5-18(25)12-16)14-22(29)28-20(15-7-9-17(24)10-8-15)13-19(26-28)21-6-3-11-31-21/h2-12,20H,13-14H2,1H3/t20-/m1/s1. The van der Waals surface area contributed by atoms with E-state index in [9.17, 15) is 14.0 Å². The van der Waals surface area contributed by atoms with E-state index in [1.54, 1.807) is 23.5 Å². The number of likely N-dealkylation sites (N-methyl/N-ethyl adjacent to an activating group) is 1. The van der Waals surface area contributed by atoms with Crippen LogP contribution in [0.4, 0.5) is 4.39 Å². The average molecular weight is 456 g/mol. The summed E-state index contributed by atoms with van der Waals surface area (Å²) in [5, 5.41) is 8.60. The molecule has 1 aliphatic rings. The molecule has 4 rings (SSSR count). The van der Waals surface area contributed by atoms with Crippen LogP contribution >= 0.6 is 22.9 Å². The molecule has 0 spiro atoms. The second kappa shape index (κ2) is 8.99. The number of rotatable bonds is 5. The minimum absolute atomic E-state index is 0.180. The van der Waals surface area contributed by atoms with Gasteiger partial charge >= 0.3 is 0 Å². The largest absolute Gasteiger partial charge is 0.332 e. The Labute approximate surface area is 188 Å². The molecule has 0 bridgehead atoms. The Morgan fingerprint density at radius 3 is 2.65 bits per heavy atom. The van der Waals surface area contributed by atoms with E-state index in [1.807, 2.05) is 29.6 Å². The van der Waals surface area contributed by atoms with Crippen LogP contribution < -0.4 is 0 Å². The van der Waals surface area contributed by atoms with Crippen LogP contribution in [-0.4, -0.2) is 41.0 Å². The Balaban J connectivity index is 1.56. The van der Waals surface area contributed by atoms with Gasteiger partial charge in [0.15, 0.2) is 0 Å². The first-order valence-corrected chi connectivity index (χ1v) is 10.9. The summed E-state index contributed by atoms with van der Waals surface area (Å²) in [7, 11) is 1.52. The highest BCUT2D eigenvalue weighted by atomic mass is 35.5. The van der Waals surface area contributed by atoms with Crippen molar-refractivity contribution in [3.8, 4) is 0 Å². The van der Waals surface area contributed by atoms with Gasteiger partial charge in [-0.3, -0.25) is 9.59 Å². The lowest BCUT2D eigenvalue weighted by Gasteiger charge is -2.25. The summed E-state index contributed by atoms with van der Waals surface area (Å²) in [5.74, 6) is -1.26. The molecule has 8 heteroatoms. The predicted octanol–water partition coefficient (Wildman–Crippen LogP) is 4.99. The van der Waals surface area contributed by atoms with Gasteiger partial charge in [0.2, 0.25) is 0 Å². The Morgan fingerprint density at radius 1 is 1.19 bits per heavy atom. The summed E-state index contributed by atoms with van der Waals surface area (Å²) in [6, 6.07) is 16.3. The Bertz CT molecular complexity index is 1130. The molecule has 0 N–H and O–H groups in total. The van der Waals surface area contributed by atoms with Gasteiger partial charge in [0.25, 0.3) is 11.8 Å². The van der Waals surface area contributed by atoms with Crippen LogP contribution in [-0.2, 0) is 4.79 Å². The normalized spacial score (nSPS) is 15.6. The Kier molecular flexibility index (Phi) is 6.15. The van der Waals surface area contributed by atoms with Crippen LogP contribution in [0.1, 0.15) is 33.3 Å². The molecule has 1 atom stereocenters. The van der Waals surface area contributed by atoms with Crippen LogP contribution in [0.25, 0.3) is 0 Å². The summed E-state index contributed by atoms with van der Waals surface area (Å²) in [4.78, 5) is 28.1. The average Bonchev–Trinajstić information content (AvgIpc) is 3.43. The lowest BCUT2D eigenvalue weighted by Crippen LogP contribution is -2.39. The van der Waals surface area contributed by atoms with Crippen molar-refractivity contribution < 1.29 is 14.0 Å². The monoisotopic (exact) mass is 455 g/mol. The SMILES string of the molecule is CN(CC(=O)N1N=C(c2cccs2)C[C@@H]1c1ccc(Cl)cc1)C(=O)c1cccc(F)c1. The van der Waals surface area contributed by atoms with Crippen molar-refractivity contribution in [2.75, 3.05) is 13.6 Å². The van der Waals surface area contributed by atoms with Crippen LogP contribution in [0.3, 0.4) is 0 Å². The number of hydrogen-bond acceptors (Lipinski definition) is 4. The van der Waals surface area contributed by atoms with E-state index in [-0.39, 0.29) is 24.1 Å². The van der Waals surface area contributed by atoms with Crippen molar-refractivity contribution in [1.82, 2.24) is 9.91 Å². The second-order valence-electron chi connectivity index (χ2n) is 7.21. The number of thiophene rings is 1. The molecule has 0 fully saturated rings. The van der Waals surface area contributed by atoms with Gasteiger partial charge in [-0.25, -0.2) is 9.40 Å².